The molecular weight excluding hydrogens is 283 g/mol. The van der Waals surface area contributed by atoms with E-state index < -0.39 is 17.7 Å². The summed E-state index contributed by atoms with van der Waals surface area (Å²) in [6.07, 6.45) is 1.01. The number of carboxylic acids is 1. The van der Waals surface area contributed by atoms with Crippen molar-refractivity contribution in [2.45, 2.75) is 30.7 Å². The van der Waals surface area contributed by atoms with E-state index in [1.807, 2.05) is 0 Å². The number of carbonyl (C=O) groups excluding carboxylic acids is 2. The fraction of sp³-hybridized carbons (Fsp3) is 0.500. The largest absolute Gasteiger partial charge is 1.00 e. The first-order chi connectivity index (χ1) is 8.23. The van der Waals surface area contributed by atoms with Gasteiger partial charge in [-0.1, -0.05) is 11.8 Å². The molecule has 1 amide bonds. The topological polar surface area (TPSA) is 91.3 Å². The second-order valence-corrected chi connectivity index (χ2v) is 6.33. The molecule has 0 aliphatic carbocycles. The van der Waals surface area contributed by atoms with Crippen LogP contribution in [0.3, 0.4) is 0 Å². The van der Waals surface area contributed by atoms with Crippen LogP contribution in [0.5, 0.6) is 0 Å². The molecule has 100 valence electrons. The molecule has 0 unspecified atom stereocenters. The van der Waals surface area contributed by atoms with E-state index in [-0.39, 0.29) is 29.6 Å². The van der Waals surface area contributed by atoms with Crippen molar-refractivity contribution in [3.05, 3.63) is 4.88 Å². The number of hydrogen-bond acceptors (Lipinski definition) is 7. The molecule has 0 radical (unpaired) electrons. The van der Waals surface area contributed by atoms with Crippen molar-refractivity contribution in [3.63, 3.8) is 0 Å². The molecule has 19 heavy (non-hydrogen) atoms. The first-order valence-corrected chi connectivity index (χ1v) is 7.03. The van der Waals surface area contributed by atoms with Crippen molar-refractivity contribution < 1.29 is 38.3 Å². The number of thiazole rings is 1. The van der Waals surface area contributed by atoms with Gasteiger partial charge in [-0.25, -0.2) is 9.78 Å². The first-order valence-electron chi connectivity index (χ1n) is 4.99. The Bertz CT molecular complexity index is 471. The van der Waals surface area contributed by atoms with E-state index in [4.69, 9.17) is 4.74 Å². The van der Waals surface area contributed by atoms with Crippen molar-refractivity contribution in [2.24, 2.45) is 0 Å². The Balaban J connectivity index is 0.00000324. The van der Waals surface area contributed by atoms with Crippen molar-refractivity contribution in [2.75, 3.05) is 11.6 Å². The van der Waals surface area contributed by atoms with Gasteiger partial charge in [0, 0.05) is 0 Å². The maximum absolute atomic E-state index is 11.5. The van der Waals surface area contributed by atoms with Crippen LogP contribution in [-0.4, -0.2) is 28.9 Å². The van der Waals surface area contributed by atoms with Gasteiger partial charge < -0.3 is 14.6 Å². The molecule has 1 aromatic rings. The Morgan fingerprint density at radius 1 is 1.42 bits per heavy atom. The molecule has 0 saturated carbocycles. The number of anilines is 1. The van der Waals surface area contributed by atoms with Gasteiger partial charge in [0.15, 0.2) is 10.2 Å². The van der Waals surface area contributed by atoms with Crippen LogP contribution in [0, 0.1) is 0 Å². The molecule has 6 nitrogen and oxygen atoms in total. The number of aromatic nitrogens is 1. The van der Waals surface area contributed by atoms with Crippen LogP contribution in [0.2, 0.25) is 0 Å². The summed E-state index contributed by atoms with van der Waals surface area (Å²) in [5.74, 6) is -1.42. The van der Waals surface area contributed by atoms with Gasteiger partial charge in [0.25, 0.3) is 0 Å². The molecule has 0 spiro atoms. The monoisotopic (exact) mass is 296 g/mol. The molecular formula is C10H13LiN2O4S2. The van der Waals surface area contributed by atoms with Crippen LogP contribution in [0.15, 0.2) is 4.34 Å². The van der Waals surface area contributed by atoms with E-state index in [1.54, 1.807) is 27.0 Å². The zero-order chi connectivity index (χ0) is 13.9. The van der Waals surface area contributed by atoms with Crippen LogP contribution >= 0.6 is 23.1 Å². The second kappa shape index (κ2) is 7.19. The molecule has 0 saturated heterocycles. The third-order valence-corrected chi connectivity index (χ3v) is 3.61. The van der Waals surface area contributed by atoms with E-state index in [2.05, 4.69) is 10.3 Å². The molecule has 1 heterocycles. The standard InChI is InChI=1S/C10H14N2O4S2.Li/c1-10(2,3)16-8(15)11-6-5(7(13)14)18-9(12-6)17-4;/h1-4H3,(H,11,15)(H,13,14);/q;+1/p-1. The third kappa shape index (κ3) is 5.87. The SMILES string of the molecule is CSc1nc(NC(=O)OC(C)(C)C)c(C(=O)[O-])s1.[Li+]. The van der Waals surface area contributed by atoms with E-state index in [0.29, 0.717) is 4.34 Å². The van der Waals surface area contributed by atoms with Crippen LogP contribution in [0.4, 0.5) is 10.6 Å². The van der Waals surface area contributed by atoms with Gasteiger partial charge in [-0.05, 0) is 27.0 Å². The molecule has 0 atom stereocenters. The predicted octanol–water partition coefficient (Wildman–Crippen LogP) is -1.42. The minimum atomic E-state index is -1.38. The molecule has 0 aromatic carbocycles. The molecule has 0 aliphatic heterocycles. The van der Waals surface area contributed by atoms with Gasteiger partial charge in [0.1, 0.15) is 5.60 Å². The Hall–Kier alpha value is -0.683. The van der Waals surface area contributed by atoms with Crippen molar-refractivity contribution >= 4 is 41.0 Å². The number of amides is 1. The summed E-state index contributed by atoms with van der Waals surface area (Å²) in [5.41, 5.74) is -0.663. The summed E-state index contributed by atoms with van der Waals surface area (Å²) >= 11 is 2.23. The maximum Gasteiger partial charge on any atom is 1.00 e. The van der Waals surface area contributed by atoms with Gasteiger partial charge in [0.05, 0.1) is 10.8 Å². The molecule has 0 aliphatic rings. The summed E-state index contributed by atoms with van der Waals surface area (Å²) < 4.78 is 5.54. The zero-order valence-electron chi connectivity index (χ0n) is 11.4. The predicted molar refractivity (Wildman–Crippen MR) is 68.1 cm³/mol. The Morgan fingerprint density at radius 3 is 2.42 bits per heavy atom. The van der Waals surface area contributed by atoms with Crippen LogP contribution in [0.1, 0.15) is 30.4 Å². The molecule has 1 rings (SSSR count). The normalized spacial score (nSPS) is 10.5. The minimum Gasteiger partial charge on any atom is -0.544 e. The number of nitrogens with one attached hydrogen (secondary N) is 1. The van der Waals surface area contributed by atoms with E-state index in [9.17, 15) is 14.7 Å². The molecule has 0 fully saturated rings. The number of thioether (sulfide) groups is 1. The third-order valence-electron chi connectivity index (χ3n) is 1.59. The molecule has 1 aromatic heterocycles. The zero-order valence-corrected chi connectivity index (χ0v) is 13.0. The van der Waals surface area contributed by atoms with Gasteiger partial charge in [-0.15, -0.1) is 11.3 Å². The van der Waals surface area contributed by atoms with Gasteiger partial charge in [0.2, 0.25) is 0 Å². The molecule has 1 N–H and O–H groups in total. The van der Waals surface area contributed by atoms with Crippen LogP contribution in [-0.2, 0) is 4.74 Å². The summed E-state index contributed by atoms with van der Waals surface area (Å²) in [5, 5.41) is 13.2. The number of carboxylic acid groups (broad SMARTS) is 1. The fourth-order valence-electron chi connectivity index (χ4n) is 1.01. The van der Waals surface area contributed by atoms with E-state index in [0.717, 1.165) is 11.3 Å². The minimum absolute atomic E-state index is 0. The fourth-order valence-corrected chi connectivity index (χ4v) is 2.37. The summed E-state index contributed by atoms with van der Waals surface area (Å²) in [7, 11) is 0. The number of rotatable bonds is 3. The quantitative estimate of drug-likeness (QED) is 0.544. The van der Waals surface area contributed by atoms with Crippen LogP contribution < -0.4 is 29.3 Å². The van der Waals surface area contributed by atoms with Gasteiger partial charge in [-0.3, -0.25) is 5.32 Å². The number of nitrogens with zero attached hydrogens (tertiary/aromatic N) is 1. The van der Waals surface area contributed by atoms with Crippen LogP contribution in [0.25, 0.3) is 0 Å². The molecule has 0 bridgehead atoms. The van der Waals surface area contributed by atoms with Crippen molar-refractivity contribution in [1.82, 2.24) is 4.98 Å². The van der Waals surface area contributed by atoms with Gasteiger partial charge in [-0.2, -0.15) is 0 Å². The summed E-state index contributed by atoms with van der Waals surface area (Å²) in [4.78, 5) is 26.2. The molecule has 9 heteroatoms. The van der Waals surface area contributed by atoms with Crippen molar-refractivity contribution in [3.8, 4) is 0 Å². The van der Waals surface area contributed by atoms with E-state index in [1.165, 1.54) is 11.8 Å². The maximum atomic E-state index is 11.5. The number of aromatic carboxylic acids is 1. The summed E-state index contributed by atoms with van der Waals surface area (Å²) in [6.45, 7) is 5.13. The smallest absolute Gasteiger partial charge is 0.544 e. The summed E-state index contributed by atoms with van der Waals surface area (Å²) in [6, 6.07) is 0. The average Bonchev–Trinajstić information content (AvgIpc) is 2.57. The Labute approximate surface area is 131 Å². The number of carbonyl (C=O) groups is 2. The average molecular weight is 296 g/mol. The van der Waals surface area contributed by atoms with Gasteiger partial charge >= 0.3 is 25.0 Å². The number of ether oxygens (including phenoxy) is 1. The Kier molecular flexibility index (Phi) is 6.94. The Morgan fingerprint density at radius 2 is 2.00 bits per heavy atom. The van der Waals surface area contributed by atoms with Crippen molar-refractivity contribution in [1.29, 1.82) is 0 Å². The van der Waals surface area contributed by atoms with E-state index >= 15 is 0 Å². The number of hydrogen-bond donors (Lipinski definition) is 1. The first kappa shape index (κ1) is 18.3. The second-order valence-electron chi connectivity index (χ2n) is 4.28.